The Balaban J connectivity index is 1.70. The molecule has 0 heterocycles. The van der Waals surface area contributed by atoms with E-state index in [1.807, 2.05) is 0 Å². The van der Waals surface area contributed by atoms with Crippen LogP contribution in [0.4, 0.5) is 4.39 Å². The van der Waals surface area contributed by atoms with E-state index in [0.717, 1.165) is 25.7 Å². The zero-order chi connectivity index (χ0) is 17.5. The molecule has 1 aliphatic carbocycles. The van der Waals surface area contributed by atoms with E-state index in [-0.39, 0.29) is 42.6 Å². The van der Waals surface area contributed by atoms with Crippen molar-refractivity contribution in [2.24, 2.45) is 5.92 Å². The molecule has 5 nitrogen and oxygen atoms in total. The van der Waals surface area contributed by atoms with Gasteiger partial charge in [-0.15, -0.1) is 0 Å². The Hall–Kier alpha value is -1.95. The molecule has 0 spiro atoms. The van der Waals surface area contributed by atoms with Crippen LogP contribution in [0.2, 0.25) is 0 Å². The van der Waals surface area contributed by atoms with Crippen LogP contribution in [0.1, 0.15) is 50.7 Å². The van der Waals surface area contributed by atoms with Gasteiger partial charge in [-0.25, -0.2) is 4.39 Å². The van der Waals surface area contributed by atoms with Crippen molar-refractivity contribution >= 4 is 11.8 Å². The Morgan fingerprint density at radius 1 is 1.25 bits per heavy atom. The summed E-state index contributed by atoms with van der Waals surface area (Å²) in [5.41, 5.74) is 0.541. The lowest BCUT2D eigenvalue weighted by Crippen LogP contribution is -2.40. The Morgan fingerprint density at radius 2 is 1.88 bits per heavy atom. The number of carbonyl (C=O) groups is 2. The molecule has 2 atom stereocenters. The number of hydrogen-bond donors (Lipinski definition) is 3. The highest BCUT2D eigenvalue weighted by Crippen LogP contribution is 2.24. The normalized spacial score (nSPS) is 17.3. The first kappa shape index (κ1) is 18.4. The molecule has 132 valence electrons. The van der Waals surface area contributed by atoms with Crippen molar-refractivity contribution in [2.45, 2.75) is 51.2 Å². The van der Waals surface area contributed by atoms with E-state index in [0.29, 0.717) is 5.56 Å². The van der Waals surface area contributed by atoms with Crippen LogP contribution in [0.25, 0.3) is 0 Å². The molecule has 2 amide bonds. The largest absolute Gasteiger partial charge is 0.387 e. The predicted octanol–water partition coefficient (Wildman–Crippen LogP) is 2.06. The summed E-state index contributed by atoms with van der Waals surface area (Å²) in [5.74, 6) is -0.507. The molecule has 1 aromatic carbocycles. The second-order valence-corrected chi connectivity index (χ2v) is 6.47. The highest BCUT2D eigenvalue weighted by molar-refractivity contribution is 5.81. The third-order valence-corrected chi connectivity index (χ3v) is 4.35. The molecule has 1 aliphatic rings. The van der Waals surface area contributed by atoms with Gasteiger partial charge < -0.3 is 15.7 Å². The van der Waals surface area contributed by atoms with Gasteiger partial charge in [0, 0.05) is 24.9 Å². The predicted molar refractivity (Wildman–Crippen MR) is 88.5 cm³/mol. The Labute approximate surface area is 141 Å². The lowest BCUT2D eigenvalue weighted by atomic mass is 10.1. The van der Waals surface area contributed by atoms with E-state index in [4.69, 9.17) is 0 Å². The first-order valence-corrected chi connectivity index (χ1v) is 8.46. The summed E-state index contributed by atoms with van der Waals surface area (Å²) in [5, 5.41) is 15.5. The van der Waals surface area contributed by atoms with Crippen molar-refractivity contribution < 1.29 is 19.1 Å². The summed E-state index contributed by atoms with van der Waals surface area (Å²) in [6, 6.07) is 5.25. The van der Waals surface area contributed by atoms with Gasteiger partial charge in [0.1, 0.15) is 5.82 Å². The van der Waals surface area contributed by atoms with Gasteiger partial charge in [0.2, 0.25) is 11.8 Å². The van der Waals surface area contributed by atoms with Crippen LogP contribution in [-0.2, 0) is 9.59 Å². The molecule has 2 unspecified atom stereocenters. The minimum atomic E-state index is -0.891. The molecule has 0 saturated heterocycles. The van der Waals surface area contributed by atoms with Crippen molar-refractivity contribution in [1.29, 1.82) is 0 Å². The zero-order valence-corrected chi connectivity index (χ0v) is 13.9. The Kier molecular flexibility index (Phi) is 6.73. The van der Waals surface area contributed by atoms with Crippen LogP contribution in [0, 0.1) is 11.7 Å². The van der Waals surface area contributed by atoms with Crippen molar-refractivity contribution in [2.75, 3.05) is 6.54 Å². The first-order chi connectivity index (χ1) is 11.5. The van der Waals surface area contributed by atoms with Crippen molar-refractivity contribution in [3.63, 3.8) is 0 Å². The van der Waals surface area contributed by atoms with E-state index in [1.165, 1.54) is 24.3 Å². The van der Waals surface area contributed by atoms with Crippen molar-refractivity contribution in [3.05, 3.63) is 35.6 Å². The maximum Gasteiger partial charge on any atom is 0.223 e. The molecule has 3 N–H and O–H groups in total. The van der Waals surface area contributed by atoms with Gasteiger partial charge in [-0.1, -0.05) is 25.0 Å². The molecule has 1 aromatic rings. The molecule has 2 rings (SSSR count). The number of aliphatic hydroxyl groups excluding tert-OH is 1. The summed E-state index contributed by atoms with van der Waals surface area (Å²) in [6.45, 7) is 1.84. The van der Waals surface area contributed by atoms with Gasteiger partial charge in [-0.3, -0.25) is 9.59 Å². The monoisotopic (exact) mass is 336 g/mol. The van der Waals surface area contributed by atoms with Gasteiger partial charge >= 0.3 is 0 Å². The Morgan fingerprint density at radius 3 is 2.50 bits per heavy atom. The second-order valence-electron chi connectivity index (χ2n) is 6.47. The van der Waals surface area contributed by atoms with Crippen LogP contribution in [0.5, 0.6) is 0 Å². The van der Waals surface area contributed by atoms with E-state index in [1.54, 1.807) is 6.92 Å². The summed E-state index contributed by atoms with van der Waals surface area (Å²) < 4.78 is 12.8. The van der Waals surface area contributed by atoms with E-state index < -0.39 is 6.10 Å². The van der Waals surface area contributed by atoms with Gasteiger partial charge in [0.15, 0.2) is 0 Å². The molecule has 6 heteroatoms. The lowest BCUT2D eigenvalue weighted by molar-refractivity contribution is -0.126. The highest BCUT2D eigenvalue weighted by Gasteiger charge is 2.24. The minimum absolute atomic E-state index is 0.0270. The summed E-state index contributed by atoms with van der Waals surface area (Å²) in [7, 11) is 0. The molecular weight excluding hydrogens is 311 g/mol. The number of benzene rings is 1. The number of aliphatic hydroxyl groups is 1. The lowest BCUT2D eigenvalue weighted by Gasteiger charge is -2.17. The van der Waals surface area contributed by atoms with Gasteiger partial charge in [0.25, 0.3) is 0 Å². The molecular formula is C18H25FN2O3. The van der Waals surface area contributed by atoms with E-state index in [9.17, 15) is 19.1 Å². The molecule has 24 heavy (non-hydrogen) atoms. The molecule has 0 bridgehead atoms. The zero-order valence-electron chi connectivity index (χ0n) is 13.9. The maximum absolute atomic E-state index is 12.8. The van der Waals surface area contributed by atoms with Gasteiger partial charge in [-0.05, 0) is 37.5 Å². The van der Waals surface area contributed by atoms with E-state index >= 15 is 0 Å². The Bertz CT molecular complexity index is 556. The standard InChI is InChI=1S/C18H25FN2O3/c1-12(21-18(24)14-4-2-3-5-14)10-17(23)20-11-16(22)13-6-8-15(19)9-7-13/h6-9,12,14,16,22H,2-5,10-11H2,1H3,(H,20,23)(H,21,24). The van der Waals surface area contributed by atoms with Crippen LogP contribution < -0.4 is 10.6 Å². The number of amides is 2. The fourth-order valence-corrected chi connectivity index (χ4v) is 2.96. The average molecular weight is 336 g/mol. The molecule has 1 fully saturated rings. The topological polar surface area (TPSA) is 78.4 Å². The molecule has 0 aliphatic heterocycles. The molecule has 0 aromatic heterocycles. The number of carbonyl (C=O) groups excluding carboxylic acids is 2. The van der Waals surface area contributed by atoms with Crippen molar-refractivity contribution in [3.8, 4) is 0 Å². The summed E-state index contributed by atoms with van der Waals surface area (Å²) >= 11 is 0. The number of halogens is 1. The van der Waals surface area contributed by atoms with Crippen LogP contribution in [0.15, 0.2) is 24.3 Å². The summed E-state index contributed by atoms with van der Waals surface area (Å²) in [6.07, 6.45) is 3.30. The average Bonchev–Trinajstić information content (AvgIpc) is 3.07. The maximum atomic E-state index is 12.8. The second kappa shape index (κ2) is 8.78. The van der Waals surface area contributed by atoms with Crippen molar-refractivity contribution in [1.82, 2.24) is 10.6 Å². The number of hydrogen-bond acceptors (Lipinski definition) is 3. The third kappa shape index (κ3) is 5.60. The van der Waals surface area contributed by atoms with E-state index in [2.05, 4.69) is 10.6 Å². The highest BCUT2D eigenvalue weighted by atomic mass is 19.1. The van der Waals surface area contributed by atoms with Crippen LogP contribution in [-0.4, -0.2) is 29.5 Å². The molecule has 0 radical (unpaired) electrons. The van der Waals surface area contributed by atoms with Crippen LogP contribution in [0.3, 0.4) is 0 Å². The fourth-order valence-electron chi connectivity index (χ4n) is 2.96. The fraction of sp³-hybridized carbons (Fsp3) is 0.556. The third-order valence-electron chi connectivity index (χ3n) is 4.35. The number of nitrogens with one attached hydrogen (secondary N) is 2. The van der Waals surface area contributed by atoms with Gasteiger partial charge in [0.05, 0.1) is 6.10 Å². The SMILES string of the molecule is CC(CC(=O)NCC(O)c1ccc(F)cc1)NC(=O)C1CCCC1. The summed E-state index contributed by atoms with van der Waals surface area (Å²) in [4.78, 5) is 23.9. The van der Waals surface area contributed by atoms with Gasteiger partial charge in [-0.2, -0.15) is 0 Å². The minimum Gasteiger partial charge on any atom is -0.387 e. The quantitative estimate of drug-likeness (QED) is 0.713. The smallest absolute Gasteiger partial charge is 0.223 e. The molecule has 1 saturated carbocycles. The number of rotatable bonds is 7. The first-order valence-electron chi connectivity index (χ1n) is 8.46. The van der Waals surface area contributed by atoms with Crippen LogP contribution >= 0.6 is 0 Å².